The first-order chi connectivity index (χ1) is 10.3. The molecule has 0 radical (unpaired) electrons. The third-order valence-electron chi connectivity index (χ3n) is 3.89. The van der Waals surface area contributed by atoms with Gasteiger partial charge in [-0.05, 0) is 35.4 Å². The van der Waals surface area contributed by atoms with Crippen LogP contribution in [0.3, 0.4) is 0 Å². The molecule has 0 bridgehead atoms. The van der Waals surface area contributed by atoms with Gasteiger partial charge in [-0.3, -0.25) is 0 Å². The largest absolute Gasteiger partial charge is 0.324 e. The molecule has 0 saturated heterocycles. The van der Waals surface area contributed by atoms with E-state index in [0.29, 0.717) is 5.39 Å². The first kappa shape index (κ1) is 13.8. The van der Waals surface area contributed by atoms with E-state index in [0.717, 1.165) is 23.8 Å². The average Bonchev–Trinajstić information content (AvgIpc) is 2.54. The van der Waals surface area contributed by atoms with Crippen molar-refractivity contribution in [3.8, 4) is 0 Å². The number of benzene rings is 3. The maximum atomic E-state index is 13.8. The molecule has 1 unspecified atom stereocenters. The van der Waals surface area contributed by atoms with Crippen LogP contribution in [0.15, 0.2) is 66.7 Å². The topological polar surface area (TPSA) is 26.0 Å². The number of aryl methyl sites for hydroxylation is 1. The van der Waals surface area contributed by atoms with Gasteiger partial charge in [0.1, 0.15) is 5.82 Å². The van der Waals surface area contributed by atoms with E-state index in [4.69, 9.17) is 5.73 Å². The van der Waals surface area contributed by atoms with Crippen LogP contribution < -0.4 is 5.73 Å². The van der Waals surface area contributed by atoms with E-state index < -0.39 is 0 Å². The van der Waals surface area contributed by atoms with Crippen molar-refractivity contribution in [2.24, 2.45) is 5.73 Å². The maximum absolute atomic E-state index is 13.8. The molecule has 0 aliphatic carbocycles. The Hall–Kier alpha value is -2.19. The number of rotatable bonds is 4. The number of nitrogens with two attached hydrogens (primary N) is 1. The zero-order valence-corrected chi connectivity index (χ0v) is 11.8. The molecule has 0 heterocycles. The maximum Gasteiger partial charge on any atom is 0.131 e. The van der Waals surface area contributed by atoms with Crippen molar-refractivity contribution in [1.82, 2.24) is 0 Å². The highest BCUT2D eigenvalue weighted by molar-refractivity contribution is 5.86. The van der Waals surface area contributed by atoms with Gasteiger partial charge in [-0.15, -0.1) is 0 Å². The highest BCUT2D eigenvalue weighted by Gasteiger charge is 2.12. The molecular weight excluding hydrogens is 261 g/mol. The molecule has 0 fully saturated rings. The fraction of sp³-hybridized carbons (Fsp3) is 0.158. The second-order valence-corrected chi connectivity index (χ2v) is 5.31. The predicted molar refractivity (Wildman–Crippen MR) is 85.6 cm³/mol. The van der Waals surface area contributed by atoms with Crippen LogP contribution in [0.25, 0.3) is 10.8 Å². The number of halogens is 1. The molecule has 2 heteroatoms. The number of hydrogen-bond donors (Lipinski definition) is 1. The lowest BCUT2D eigenvalue weighted by atomic mass is 9.95. The van der Waals surface area contributed by atoms with E-state index >= 15 is 0 Å². The summed E-state index contributed by atoms with van der Waals surface area (Å²) in [5.41, 5.74) is 8.63. The van der Waals surface area contributed by atoms with Gasteiger partial charge in [-0.25, -0.2) is 4.39 Å². The Morgan fingerprint density at radius 2 is 1.48 bits per heavy atom. The van der Waals surface area contributed by atoms with Crippen molar-refractivity contribution >= 4 is 10.8 Å². The van der Waals surface area contributed by atoms with E-state index in [9.17, 15) is 4.39 Å². The van der Waals surface area contributed by atoms with Gasteiger partial charge in [0.15, 0.2) is 0 Å². The van der Waals surface area contributed by atoms with Gasteiger partial charge in [0, 0.05) is 11.4 Å². The van der Waals surface area contributed by atoms with Gasteiger partial charge in [0.05, 0.1) is 0 Å². The minimum absolute atomic E-state index is 0.0873. The van der Waals surface area contributed by atoms with Crippen molar-refractivity contribution in [2.45, 2.75) is 18.9 Å². The first-order valence-corrected chi connectivity index (χ1v) is 7.22. The average molecular weight is 279 g/mol. The summed E-state index contributed by atoms with van der Waals surface area (Å²) >= 11 is 0. The van der Waals surface area contributed by atoms with Gasteiger partial charge in [-0.1, -0.05) is 60.7 Å². The summed E-state index contributed by atoms with van der Waals surface area (Å²) in [6.07, 6.45) is 1.77. The van der Waals surface area contributed by atoms with Crippen LogP contribution in [-0.4, -0.2) is 0 Å². The second kappa shape index (κ2) is 6.06. The molecule has 0 spiro atoms. The van der Waals surface area contributed by atoms with Crippen LogP contribution in [0.4, 0.5) is 4.39 Å². The monoisotopic (exact) mass is 279 g/mol. The normalized spacial score (nSPS) is 12.5. The van der Waals surface area contributed by atoms with Gasteiger partial charge < -0.3 is 5.73 Å². The third kappa shape index (κ3) is 2.96. The Bertz CT molecular complexity index is 737. The predicted octanol–water partition coefficient (Wildman–Crippen LogP) is 4.61. The highest BCUT2D eigenvalue weighted by Crippen LogP contribution is 2.27. The molecule has 106 valence electrons. The molecule has 0 aliphatic rings. The Morgan fingerprint density at radius 1 is 0.810 bits per heavy atom. The molecule has 3 aromatic carbocycles. The zero-order valence-electron chi connectivity index (χ0n) is 11.8. The third-order valence-corrected chi connectivity index (χ3v) is 3.89. The van der Waals surface area contributed by atoms with Crippen LogP contribution in [0.2, 0.25) is 0 Å². The molecule has 1 atom stereocenters. The van der Waals surface area contributed by atoms with E-state index in [1.165, 1.54) is 11.6 Å². The molecule has 21 heavy (non-hydrogen) atoms. The van der Waals surface area contributed by atoms with Gasteiger partial charge in [-0.2, -0.15) is 0 Å². The molecule has 0 amide bonds. The van der Waals surface area contributed by atoms with Crippen LogP contribution >= 0.6 is 0 Å². The van der Waals surface area contributed by atoms with E-state index in [1.807, 2.05) is 42.5 Å². The van der Waals surface area contributed by atoms with Gasteiger partial charge in [0.2, 0.25) is 0 Å². The van der Waals surface area contributed by atoms with Crippen molar-refractivity contribution in [3.63, 3.8) is 0 Å². The van der Waals surface area contributed by atoms with Gasteiger partial charge in [0.25, 0.3) is 0 Å². The summed E-state index contributed by atoms with van der Waals surface area (Å²) in [5.74, 6) is -0.190. The minimum Gasteiger partial charge on any atom is -0.324 e. The summed E-state index contributed by atoms with van der Waals surface area (Å²) in [4.78, 5) is 0. The summed E-state index contributed by atoms with van der Waals surface area (Å²) in [6.45, 7) is 0. The summed E-state index contributed by atoms with van der Waals surface area (Å²) in [6, 6.07) is 21.1. The standard InChI is InChI=1S/C19H18FN/c20-18-12-11-17(15-8-4-5-9-16(15)18)19(21)13-10-14-6-2-1-3-7-14/h1-9,11-12,19H,10,13,21H2. The first-order valence-electron chi connectivity index (χ1n) is 7.22. The number of hydrogen-bond acceptors (Lipinski definition) is 1. The van der Waals surface area contributed by atoms with Crippen molar-refractivity contribution < 1.29 is 4.39 Å². The van der Waals surface area contributed by atoms with Crippen molar-refractivity contribution in [2.75, 3.05) is 0 Å². The van der Waals surface area contributed by atoms with E-state index in [1.54, 1.807) is 6.07 Å². The number of fused-ring (bicyclic) bond motifs is 1. The summed E-state index contributed by atoms with van der Waals surface area (Å²) in [5, 5.41) is 1.56. The molecule has 0 aliphatic heterocycles. The summed E-state index contributed by atoms with van der Waals surface area (Å²) < 4.78 is 13.8. The molecule has 0 saturated carbocycles. The summed E-state index contributed by atoms with van der Waals surface area (Å²) in [7, 11) is 0. The van der Waals surface area contributed by atoms with Crippen LogP contribution in [0.1, 0.15) is 23.6 Å². The van der Waals surface area contributed by atoms with Crippen LogP contribution in [0.5, 0.6) is 0 Å². The SMILES string of the molecule is NC(CCc1ccccc1)c1ccc(F)c2ccccc12. The lowest BCUT2D eigenvalue weighted by molar-refractivity contribution is 0.632. The van der Waals surface area contributed by atoms with Crippen LogP contribution in [0, 0.1) is 5.82 Å². The van der Waals surface area contributed by atoms with Crippen LogP contribution in [-0.2, 0) is 6.42 Å². The van der Waals surface area contributed by atoms with Gasteiger partial charge >= 0.3 is 0 Å². The van der Waals surface area contributed by atoms with E-state index in [-0.39, 0.29) is 11.9 Å². The molecule has 3 aromatic rings. The van der Waals surface area contributed by atoms with Crippen molar-refractivity contribution in [1.29, 1.82) is 0 Å². The molecule has 1 nitrogen and oxygen atoms in total. The molecular formula is C19H18FN. The zero-order chi connectivity index (χ0) is 14.7. The fourth-order valence-electron chi connectivity index (χ4n) is 2.73. The molecule has 2 N–H and O–H groups in total. The second-order valence-electron chi connectivity index (χ2n) is 5.31. The highest BCUT2D eigenvalue weighted by atomic mass is 19.1. The Kier molecular flexibility index (Phi) is 3.98. The minimum atomic E-state index is -0.190. The quantitative estimate of drug-likeness (QED) is 0.741. The Morgan fingerprint density at radius 3 is 2.24 bits per heavy atom. The lowest BCUT2D eigenvalue weighted by Gasteiger charge is -2.15. The lowest BCUT2D eigenvalue weighted by Crippen LogP contribution is -2.12. The molecule has 3 rings (SSSR count). The van der Waals surface area contributed by atoms with E-state index in [2.05, 4.69) is 12.1 Å². The smallest absolute Gasteiger partial charge is 0.131 e. The Labute approximate surface area is 124 Å². The van der Waals surface area contributed by atoms with Crippen molar-refractivity contribution in [3.05, 3.63) is 83.7 Å². The molecule has 0 aromatic heterocycles. The fourth-order valence-corrected chi connectivity index (χ4v) is 2.73. The Balaban J connectivity index is 1.85.